The number of rotatable bonds is 5. The molecule has 0 saturated carbocycles. The Kier molecular flexibility index (Phi) is 4.77. The van der Waals surface area contributed by atoms with Crippen LogP contribution in [-0.2, 0) is 23.0 Å². The Balaban J connectivity index is 1.98. The number of ketones is 1. The number of nitrogens with two attached hydrogens (primary N) is 1. The molecule has 2 aromatic carbocycles. The molecule has 3 rings (SSSR count). The van der Waals surface area contributed by atoms with Gasteiger partial charge in [0.25, 0.3) is 0 Å². The third kappa shape index (κ3) is 3.45. The third-order valence-corrected chi connectivity index (χ3v) is 5.67. The monoisotopic (exact) mass is 374 g/mol. The zero-order chi connectivity index (χ0) is 19.1. The first-order valence-electron chi connectivity index (χ1n) is 8.31. The summed E-state index contributed by atoms with van der Waals surface area (Å²) in [5.74, 6) is 0.721. The molecule has 0 amide bonds. The van der Waals surface area contributed by atoms with Gasteiger partial charge in [-0.1, -0.05) is 0 Å². The molecule has 0 saturated heterocycles. The summed E-state index contributed by atoms with van der Waals surface area (Å²) in [5.41, 5.74) is 3.47. The minimum atomic E-state index is -3.72. The summed E-state index contributed by atoms with van der Waals surface area (Å²) in [5, 5.41) is 5.24. The number of primary sulfonamides is 1. The Bertz CT molecular complexity index is 969. The van der Waals surface area contributed by atoms with Crippen LogP contribution in [0.25, 0.3) is 0 Å². The molecule has 0 spiro atoms. The van der Waals surface area contributed by atoms with E-state index in [2.05, 4.69) is 11.8 Å². The van der Waals surface area contributed by atoms with E-state index in [4.69, 9.17) is 9.88 Å². The maximum absolute atomic E-state index is 11.7. The summed E-state index contributed by atoms with van der Waals surface area (Å²) in [6.07, 6.45) is 0.730. The molecule has 0 bridgehead atoms. The number of benzene rings is 2. The van der Waals surface area contributed by atoms with E-state index in [1.807, 2.05) is 6.07 Å². The summed E-state index contributed by atoms with van der Waals surface area (Å²) < 4.78 is 28.6. The number of anilines is 1. The molecule has 7 heteroatoms. The molecule has 1 aliphatic heterocycles. The molecule has 138 valence electrons. The lowest BCUT2D eigenvalue weighted by Crippen LogP contribution is -2.28. The summed E-state index contributed by atoms with van der Waals surface area (Å²) in [4.78, 5) is 14.0. The second kappa shape index (κ2) is 6.74. The van der Waals surface area contributed by atoms with Crippen molar-refractivity contribution >= 4 is 21.5 Å². The predicted molar refractivity (Wildman–Crippen MR) is 100 cm³/mol. The average molecular weight is 374 g/mol. The van der Waals surface area contributed by atoms with Gasteiger partial charge in [0.15, 0.2) is 5.78 Å². The van der Waals surface area contributed by atoms with Crippen LogP contribution in [0.4, 0.5) is 5.69 Å². The molecule has 1 aliphatic rings. The maximum atomic E-state index is 11.7. The Morgan fingerprint density at radius 3 is 2.62 bits per heavy atom. The van der Waals surface area contributed by atoms with Crippen molar-refractivity contribution in [2.75, 3.05) is 12.0 Å². The zero-order valence-corrected chi connectivity index (χ0v) is 15.8. The Morgan fingerprint density at radius 1 is 1.27 bits per heavy atom. The first-order valence-corrected chi connectivity index (χ1v) is 9.85. The Morgan fingerprint density at radius 2 is 2.00 bits per heavy atom. The second-order valence-electron chi connectivity index (χ2n) is 6.60. The van der Waals surface area contributed by atoms with E-state index in [-0.39, 0.29) is 16.7 Å². The van der Waals surface area contributed by atoms with E-state index >= 15 is 0 Å². The fraction of sp³-hybridized carbons (Fsp3) is 0.316. The van der Waals surface area contributed by atoms with Gasteiger partial charge in [-0.15, -0.1) is 0 Å². The van der Waals surface area contributed by atoms with Crippen molar-refractivity contribution in [3.8, 4) is 5.75 Å². The predicted octanol–water partition coefficient (Wildman–Crippen LogP) is 2.50. The molecule has 26 heavy (non-hydrogen) atoms. The number of Topliss-reactive ketones (excluding diaryl/α,β-unsaturated/α-hetero) is 1. The minimum absolute atomic E-state index is 0.00145. The number of carbonyl (C=O) groups excluding carboxylic acids is 1. The fourth-order valence-corrected chi connectivity index (χ4v) is 3.96. The van der Waals surface area contributed by atoms with E-state index in [9.17, 15) is 13.2 Å². The maximum Gasteiger partial charge on any atom is 0.238 e. The van der Waals surface area contributed by atoms with Crippen molar-refractivity contribution in [1.82, 2.24) is 0 Å². The normalized spacial score (nSPS) is 16.5. The van der Waals surface area contributed by atoms with Gasteiger partial charge in [-0.25, -0.2) is 13.6 Å². The van der Waals surface area contributed by atoms with E-state index in [0.717, 1.165) is 29.0 Å². The lowest BCUT2D eigenvalue weighted by Gasteiger charge is -2.26. The van der Waals surface area contributed by atoms with E-state index in [1.54, 1.807) is 31.4 Å². The highest BCUT2D eigenvalue weighted by atomic mass is 32.2. The topological polar surface area (TPSA) is 89.7 Å². The van der Waals surface area contributed by atoms with E-state index in [1.165, 1.54) is 13.0 Å². The highest BCUT2D eigenvalue weighted by Gasteiger charge is 2.28. The number of hydrogen-bond donors (Lipinski definition) is 1. The quantitative estimate of drug-likeness (QED) is 0.812. The van der Waals surface area contributed by atoms with Gasteiger partial charge in [0, 0.05) is 29.4 Å². The summed E-state index contributed by atoms with van der Waals surface area (Å²) >= 11 is 0. The van der Waals surface area contributed by atoms with Gasteiger partial charge in [-0.2, -0.15) is 0 Å². The van der Waals surface area contributed by atoms with Crippen LogP contribution in [0.5, 0.6) is 5.75 Å². The fourth-order valence-electron chi connectivity index (χ4n) is 3.39. The SMILES string of the molecule is COc1ccc(C(C)=O)cc1CN1c2ccc(S(N)(=O)=O)cc2CC1C. The van der Waals surface area contributed by atoms with Crippen LogP contribution in [-0.4, -0.2) is 27.4 Å². The molecule has 1 heterocycles. The van der Waals surface area contributed by atoms with Crippen LogP contribution in [0, 0.1) is 0 Å². The number of sulfonamides is 1. The molecular formula is C19H22N2O4S. The number of ether oxygens (including phenoxy) is 1. The highest BCUT2D eigenvalue weighted by Crippen LogP contribution is 2.36. The molecule has 2 N–H and O–H groups in total. The average Bonchev–Trinajstić information content (AvgIpc) is 2.89. The Labute approximate surface area is 153 Å². The number of nitrogens with zero attached hydrogens (tertiary/aromatic N) is 1. The zero-order valence-electron chi connectivity index (χ0n) is 15.0. The first-order chi connectivity index (χ1) is 12.2. The van der Waals surface area contributed by atoms with E-state index < -0.39 is 10.0 Å². The van der Waals surface area contributed by atoms with Crippen molar-refractivity contribution in [3.05, 3.63) is 53.1 Å². The van der Waals surface area contributed by atoms with Gasteiger partial charge in [-0.05, 0) is 62.2 Å². The molecule has 1 unspecified atom stereocenters. The molecule has 2 aromatic rings. The first kappa shape index (κ1) is 18.4. The highest BCUT2D eigenvalue weighted by molar-refractivity contribution is 7.89. The number of carbonyl (C=O) groups is 1. The molecule has 0 fully saturated rings. The molecule has 0 aromatic heterocycles. The van der Waals surface area contributed by atoms with Crippen LogP contribution < -0.4 is 14.8 Å². The van der Waals surface area contributed by atoms with Crippen LogP contribution in [0.2, 0.25) is 0 Å². The van der Waals surface area contributed by atoms with Crippen molar-refractivity contribution in [1.29, 1.82) is 0 Å². The van der Waals surface area contributed by atoms with Gasteiger partial charge in [0.2, 0.25) is 10.0 Å². The van der Waals surface area contributed by atoms with Gasteiger partial charge >= 0.3 is 0 Å². The summed E-state index contributed by atoms with van der Waals surface area (Å²) in [7, 11) is -2.12. The van der Waals surface area contributed by atoms with Gasteiger partial charge < -0.3 is 9.64 Å². The Hall–Kier alpha value is -2.38. The van der Waals surface area contributed by atoms with Gasteiger partial charge in [-0.3, -0.25) is 4.79 Å². The smallest absolute Gasteiger partial charge is 0.238 e. The molecule has 6 nitrogen and oxygen atoms in total. The van der Waals surface area contributed by atoms with Crippen molar-refractivity contribution in [2.45, 2.75) is 37.8 Å². The lowest BCUT2D eigenvalue weighted by atomic mass is 10.1. The van der Waals surface area contributed by atoms with Crippen LogP contribution in [0.15, 0.2) is 41.3 Å². The second-order valence-corrected chi connectivity index (χ2v) is 8.16. The van der Waals surface area contributed by atoms with E-state index in [0.29, 0.717) is 12.1 Å². The molecule has 0 aliphatic carbocycles. The summed E-state index contributed by atoms with van der Waals surface area (Å²) in [6, 6.07) is 10.6. The van der Waals surface area contributed by atoms with Crippen molar-refractivity contribution < 1.29 is 17.9 Å². The van der Waals surface area contributed by atoms with Crippen molar-refractivity contribution in [3.63, 3.8) is 0 Å². The molecule has 1 atom stereocenters. The molecule has 0 radical (unpaired) electrons. The largest absolute Gasteiger partial charge is 0.496 e. The lowest BCUT2D eigenvalue weighted by molar-refractivity contribution is 0.101. The number of hydrogen-bond acceptors (Lipinski definition) is 5. The number of fused-ring (bicyclic) bond motifs is 1. The number of methoxy groups -OCH3 is 1. The third-order valence-electron chi connectivity index (χ3n) is 4.76. The molecular weight excluding hydrogens is 352 g/mol. The van der Waals surface area contributed by atoms with Gasteiger partial charge in [0.1, 0.15) is 5.75 Å². The standard InChI is InChI=1S/C19H22N2O4S/c1-12-8-15-10-17(26(20,23)24)5-6-18(15)21(12)11-16-9-14(13(2)22)4-7-19(16)25-3/h4-7,9-10,12H,8,11H2,1-3H3,(H2,20,23,24). The summed E-state index contributed by atoms with van der Waals surface area (Å²) in [6.45, 7) is 4.18. The minimum Gasteiger partial charge on any atom is -0.496 e. The van der Waals surface area contributed by atoms with Crippen molar-refractivity contribution in [2.24, 2.45) is 5.14 Å². The van der Waals surface area contributed by atoms with Crippen LogP contribution in [0.1, 0.15) is 35.3 Å². The van der Waals surface area contributed by atoms with Crippen LogP contribution >= 0.6 is 0 Å². The van der Waals surface area contributed by atoms with Crippen LogP contribution in [0.3, 0.4) is 0 Å². The van der Waals surface area contributed by atoms with Gasteiger partial charge in [0.05, 0.1) is 12.0 Å².